The van der Waals surface area contributed by atoms with Crippen LogP contribution in [-0.2, 0) is 6.42 Å². The maximum absolute atomic E-state index is 3.40. The first-order valence-corrected chi connectivity index (χ1v) is 7.83. The first-order valence-electron chi connectivity index (χ1n) is 7.83. The Morgan fingerprint density at radius 3 is 2.84 bits per heavy atom. The van der Waals surface area contributed by atoms with E-state index in [1.54, 1.807) is 5.56 Å². The summed E-state index contributed by atoms with van der Waals surface area (Å²) in [4.78, 5) is 2.66. The highest BCUT2D eigenvalue weighted by atomic mass is 15.2. The molecule has 2 heteroatoms. The molecule has 2 nitrogen and oxygen atoms in total. The zero-order valence-corrected chi connectivity index (χ0v) is 12.3. The lowest BCUT2D eigenvalue weighted by atomic mass is 10.0. The summed E-state index contributed by atoms with van der Waals surface area (Å²) in [7, 11) is 2.06. The fourth-order valence-corrected chi connectivity index (χ4v) is 3.76. The van der Waals surface area contributed by atoms with E-state index in [1.165, 1.54) is 56.4 Å². The molecule has 1 unspecified atom stereocenters. The zero-order valence-electron chi connectivity index (χ0n) is 12.3. The van der Waals surface area contributed by atoms with E-state index in [2.05, 4.69) is 42.4 Å². The topological polar surface area (TPSA) is 15.3 Å². The van der Waals surface area contributed by atoms with Gasteiger partial charge in [-0.1, -0.05) is 31.0 Å². The molecule has 0 bridgehead atoms. The quantitative estimate of drug-likeness (QED) is 0.889. The lowest BCUT2D eigenvalue weighted by Crippen LogP contribution is -2.28. The van der Waals surface area contributed by atoms with Crippen LogP contribution in [0.4, 0.5) is 5.69 Å². The van der Waals surface area contributed by atoms with E-state index in [0.717, 1.165) is 5.92 Å². The molecule has 1 aliphatic heterocycles. The van der Waals surface area contributed by atoms with Crippen LogP contribution in [0.2, 0.25) is 0 Å². The molecule has 1 aromatic carbocycles. The van der Waals surface area contributed by atoms with E-state index in [1.807, 2.05) is 0 Å². The molecule has 0 saturated heterocycles. The van der Waals surface area contributed by atoms with E-state index in [0.29, 0.717) is 6.04 Å². The minimum atomic E-state index is 0.444. The van der Waals surface area contributed by atoms with Crippen molar-refractivity contribution in [2.45, 2.75) is 45.1 Å². The second-order valence-corrected chi connectivity index (χ2v) is 6.21. The van der Waals surface area contributed by atoms with Crippen LogP contribution in [0.15, 0.2) is 18.2 Å². The van der Waals surface area contributed by atoms with Crippen LogP contribution in [0.25, 0.3) is 0 Å². The van der Waals surface area contributed by atoms with Crippen molar-refractivity contribution in [1.82, 2.24) is 5.32 Å². The van der Waals surface area contributed by atoms with Gasteiger partial charge in [-0.3, -0.25) is 0 Å². The van der Waals surface area contributed by atoms with Crippen molar-refractivity contribution in [3.05, 3.63) is 29.3 Å². The normalized spacial score (nSPS) is 20.8. The lowest BCUT2D eigenvalue weighted by molar-refractivity contribution is 0.536. The fraction of sp³-hybridized carbons (Fsp3) is 0.647. The van der Waals surface area contributed by atoms with Gasteiger partial charge in [0.2, 0.25) is 0 Å². The van der Waals surface area contributed by atoms with Gasteiger partial charge in [0.05, 0.1) is 0 Å². The summed E-state index contributed by atoms with van der Waals surface area (Å²) in [6, 6.07) is 7.28. The SMILES string of the molecule is CNC(C)c1cccc2c1N(CC1CCCC1)CC2. The third kappa shape index (κ3) is 2.51. The van der Waals surface area contributed by atoms with Crippen LogP contribution >= 0.6 is 0 Å². The molecule has 0 radical (unpaired) electrons. The van der Waals surface area contributed by atoms with Gasteiger partial charge in [-0.2, -0.15) is 0 Å². The Bertz CT molecular complexity index is 435. The number of fused-ring (bicyclic) bond motifs is 1. The molecule has 1 N–H and O–H groups in total. The van der Waals surface area contributed by atoms with Gasteiger partial charge in [-0.15, -0.1) is 0 Å². The van der Waals surface area contributed by atoms with Crippen LogP contribution in [0.3, 0.4) is 0 Å². The average molecular weight is 258 g/mol. The van der Waals surface area contributed by atoms with Gasteiger partial charge in [-0.05, 0) is 50.3 Å². The maximum atomic E-state index is 3.40. The minimum absolute atomic E-state index is 0.444. The molecule has 19 heavy (non-hydrogen) atoms. The number of hydrogen-bond donors (Lipinski definition) is 1. The van der Waals surface area contributed by atoms with Gasteiger partial charge in [0.25, 0.3) is 0 Å². The van der Waals surface area contributed by atoms with Crippen molar-refractivity contribution in [1.29, 1.82) is 0 Å². The Morgan fingerprint density at radius 1 is 1.32 bits per heavy atom. The highest BCUT2D eigenvalue weighted by Crippen LogP contribution is 2.37. The van der Waals surface area contributed by atoms with Crippen molar-refractivity contribution in [2.75, 3.05) is 25.0 Å². The largest absolute Gasteiger partial charge is 0.370 e. The minimum Gasteiger partial charge on any atom is -0.370 e. The number of nitrogens with one attached hydrogen (secondary N) is 1. The van der Waals surface area contributed by atoms with E-state index in [-0.39, 0.29) is 0 Å². The Balaban J connectivity index is 1.84. The third-order valence-electron chi connectivity index (χ3n) is 4.97. The summed E-state index contributed by atoms with van der Waals surface area (Å²) in [6.45, 7) is 4.77. The third-order valence-corrected chi connectivity index (χ3v) is 4.97. The molecule has 0 amide bonds. The summed E-state index contributed by atoms with van der Waals surface area (Å²) in [5, 5.41) is 3.40. The van der Waals surface area contributed by atoms with Gasteiger partial charge >= 0.3 is 0 Å². The summed E-state index contributed by atoms with van der Waals surface area (Å²) < 4.78 is 0. The lowest BCUT2D eigenvalue weighted by Gasteiger charge is -2.27. The van der Waals surface area contributed by atoms with Crippen molar-refractivity contribution in [2.24, 2.45) is 5.92 Å². The molecule has 1 heterocycles. The zero-order chi connectivity index (χ0) is 13.2. The average Bonchev–Trinajstić information content (AvgIpc) is 3.08. The van der Waals surface area contributed by atoms with E-state index < -0.39 is 0 Å². The molecule has 104 valence electrons. The summed E-state index contributed by atoms with van der Waals surface area (Å²) in [6.07, 6.45) is 7.00. The maximum Gasteiger partial charge on any atom is 0.0448 e. The van der Waals surface area contributed by atoms with Crippen molar-refractivity contribution >= 4 is 5.69 Å². The van der Waals surface area contributed by atoms with Crippen LogP contribution in [0.5, 0.6) is 0 Å². The van der Waals surface area contributed by atoms with Crippen molar-refractivity contribution < 1.29 is 0 Å². The number of nitrogens with zero attached hydrogens (tertiary/aromatic N) is 1. The fourth-order valence-electron chi connectivity index (χ4n) is 3.76. The molecule has 1 fully saturated rings. The molecule has 1 atom stereocenters. The van der Waals surface area contributed by atoms with Crippen molar-refractivity contribution in [3.63, 3.8) is 0 Å². The highest BCUT2D eigenvalue weighted by molar-refractivity contribution is 5.64. The van der Waals surface area contributed by atoms with Gasteiger partial charge < -0.3 is 10.2 Å². The second-order valence-electron chi connectivity index (χ2n) is 6.21. The Morgan fingerprint density at radius 2 is 2.11 bits per heavy atom. The number of hydrogen-bond acceptors (Lipinski definition) is 2. The second kappa shape index (κ2) is 5.54. The molecule has 2 aliphatic rings. The van der Waals surface area contributed by atoms with E-state index in [9.17, 15) is 0 Å². The summed E-state index contributed by atoms with van der Waals surface area (Å²) in [5.41, 5.74) is 4.57. The van der Waals surface area contributed by atoms with Gasteiger partial charge in [0, 0.05) is 24.8 Å². The predicted octanol–water partition coefficient (Wildman–Crippen LogP) is 3.52. The van der Waals surface area contributed by atoms with Crippen molar-refractivity contribution in [3.8, 4) is 0 Å². The molecular formula is C17H26N2. The van der Waals surface area contributed by atoms with Gasteiger partial charge in [-0.25, -0.2) is 0 Å². The highest BCUT2D eigenvalue weighted by Gasteiger charge is 2.27. The predicted molar refractivity (Wildman–Crippen MR) is 81.8 cm³/mol. The molecular weight excluding hydrogens is 232 g/mol. The summed E-state index contributed by atoms with van der Waals surface area (Å²) in [5.74, 6) is 0.934. The molecule has 0 aromatic heterocycles. The van der Waals surface area contributed by atoms with E-state index >= 15 is 0 Å². The molecule has 1 saturated carbocycles. The standard InChI is InChI=1S/C17H26N2/c1-13(18-2)16-9-5-8-15-10-11-19(17(15)16)12-14-6-3-4-7-14/h5,8-9,13-14,18H,3-4,6-7,10-12H2,1-2H3. The molecule has 1 aromatic rings. The Hall–Kier alpha value is -1.02. The number of rotatable bonds is 4. The monoisotopic (exact) mass is 258 g/mol. The first kappa shape index (κ1) is 13.0. The van der Waals surface area contributed by atoms with Crippen LogP contribution < -0.4 is 10.2 Å². The van der Waals surface area contributed by atoms with E-state index in [4.69, 9.17) is 0 Å². The molecule has 3 rings (SSSR count). The molecule has 0 spiro atoms. The Labute approximate surface area is 117 Å². The number of benzene rings is 1. The van der Waals surface area contributed by atoms with Crippen LogP contribution in [-0.4, -0.2) is 20.1 Å². The van der Waals surface area contributed by atoms with Gasteiger partial charge in [0.1, 0.15) is 0 Å². The number of anilines is 1. The van der Waals surface area contributed by atoms with Crippen LogP contribution in [0.1, 0.15) is 49.8 Å². The molecule has 1 aliphatic carbocycles. The smallest absolute Gasteiger partial charge is 0.0448 e. The number of para-hydroxylation sites is 1. The van der Waals surface area contributed by atoms with Crippen LogP contribution in [0, 0.1) is 5.92 Å². The first-order chi connectivity index (χ1) is 9.29. The summed E-state index contributed by atoms with van der Waals surface area (Å²) >= 11 is 0. The van der Waals surface area contributed by atoms with Gasteiger partial charge in [0.15, 0.2) is 0 Å². The Kier molecular flexibility index (Phi) is 3.79.